The van der Waals surface area contributed by atoms with Gasteiger partial charge in [0.2, 0.25) is 24.4 Å². The van der Waals surface area contributed by atoms with Crippen molar-refractivity contribution in [2.45, 2.75) is 13.3 Å². The van der Waals surface area contributed by atoms with Crippen molar-refractivity contribution in [1.82, 2.24) is 14.9 Å². The lowest BCUT2D eigenvalue weighted by molar-refractivity contribution is -0.127. The van der Waals surface area contributed by atoms with Gasteiger partial charge in [-0.2, -0.15) is 5.10 Å². The molecule has 0 saturated carbocycles. The molecule has 0 atom stereocenters. The van der Waals surface area contributed by atoms with Crippen LogP contribution in [-0.2, 0) is 11.2 Å². The minimum atomic E-state index is 0.00415. The first-order valence-electron chi connectivity index (χ1n) is 9.52. The molecule has 2 N–H and O–H groups in total. The average molecular weight is 409 g/mol. The zero-order valence-corrected chi connectivity index (χ0v) is 17.1. The number of rotatable bonds is 7. The summed E-state index contributed by atoms with van der Waals surface area (Å²) in [6, 6.07) is 9.64. The second-order valence-corrected chi connectivity index (χ2v) is 6.88. The minimum Gasteiger partial charge on any atom is -0.492 e. The minimum absolute atomic E-state index is 0.00415. The summed E-state index contributed by atoms with van der Waals surface area (Å²) >= 11 is 0. The number of hydrazone groups is 1. The molecule has 0 saturated heterocycles. The van der Waals surface area contributed by atoms with Gasteiger partial charge in [0, 0.05) is 26.1 Å². The van der Waals surface area contributed by atoms with Crippen molar-refractivity contribution in [1.29, 1.82) is 0 Å². The molecule has 1 aliphatic heterocycles. The number of nitrogens with zero attached hydrogens (tertiary/aromatic N) is 3. The fourth-order valence-electron chi connectivity index (χ4n) is 3.24. The van der Waals surface area contributed by atoms with Gasteiger partial charge < -0.3 is 24.1 Å². The van der Waals surface area contributed by atoms with E-state index < -0.39 is 0 Å². The fourth-order valence-corrected chi connectivity index (χ4v) is 3.24. The van der Waals surface area contributed by atoms with E-state index >= 15 is 0 Å². The normalized spacial score (nSPS) is 12.5. The second-order valence-electron chi connectivity index (χ2n) is 6.88. The third-order valence-corrected chi connectivity index (χ3v) is 4.96. The molecule has 3 aromatic rings. The van der Waals surface area contributed by atoms with Gasteiger partial charge in [0.1, 0.15) is 0 Å². The van der Waals surface area contributed by atoms with Gasteiger partial charge in [0.15, 0.2) is 11.5 Å². The number of likely N-dealkylation sites (N-methyl/N-ethyl adjacent to an activating group) is 1. The molecule has 0 spiro atoms. The molecule has 1 aromatic heterocycles. The summed E-state index contributed by atoms with van der Waals surface area (Å²) in [5.41, 5.74) is 6.38. The lowest BCUT2D eigenvalue weighted by Crippen LogP contribution is -2.26. The zero-order chi connectivity index (χ0) is 21.1. The Labute approximate surface area is 173 Å². The number of ether oxygens (including phenoxy) is 3. The number of amides is 1. The monoisotopic (exact) mass is 409 g/mol. The number of nitrogens with one attached hydrogen (secondary N) is 2. The second kappa shape index (κ2) is 8.32. The summed E-state index contributed by atoms with van der Waals surface area (Å²) < 4.78 is 16.7. The highest BCUT2D eigenvalue weighted by Crippen LogP contribution is 2.44. The highest BCUT2D eigenvalue weighted by Gasteiger charge is 2.24. The molecule has 156 valence electrons. The Morgan fingerprint density at radius 1 is 1.40 bits per heavy atom. The van der Waals surface area contributed by atoms with Crippen LogP contribution < -0.4 is 19.6 Å². The molecule has 0 radical (unpaired) electrons. The molecular weight excluding hydrogens is 386 g/mol. The first-order valence-corrected chi connectivity index (χ1v) is 9.52. The van der Waals surface area contributed by atoms with Crippen molar-refractivity contribution >= 4 is 29.1 Å². The predicted molar refractivity (Wildman–Crippen MR) is 113 cm³/mol. The van der Waals surface area contributed by atoms with Crippen LogP contribution in [0.3, 0.4) is 0 Å². The Hall–Kier alpha value is -3.75. The van der Waals surface area contributed by atoms with E-state index in [1.165, 1.54) is 0 Å². The molecular formula is C21H23N5O4. The molecule has 2 aromatic carbocycles. The summed E-state index contributed by atoms with van der Waals surface area (Å²) in [7, 11) is 3.34. The van der Waals surface area contributed by atoms with Crippen LogP contribution in [-0.4, -0.2) is 54.5 Å². The Balaban J connectivity index is 1.62. The van der Waals surface area contributed by atoms with E-state index in [0.717, 1.165) is 22.2 Å². The zero-order valence-electron chi connectivity index (χ0n) is 17.1. The Bertz CT molecular complexity index is 1080. The third-order valence-electron chi connectivity index (χ3n) is 4.96. The molecule has 4 rings (SSSR count). The van der Waals surface area contributed by atoms with E-state index in [1.54, 1.807) is 32.2 Å². The molecule has 0 fully saturated rings. The topological polar surface area (TPSA) is 101 Å². The summed E-state index contributed by atoms with van der Waals surface area (Å²) in [5, 5.41) is 4.34. The number of carbonyl (C=O) groups is 1. The number of aromatic amines is 1. The van der Waals surface area contributed by atoms with Crippen molar-refractivity contribution in [2.24, 2.45) is 5.10 Å². The number of imidazole rings is 1. The largest absolute Gasteiger partial charge is 0.492 e. The molecule has 30 heavy (non-hydrogen) atoms. The molecule has 0 unspecified atom stereocenters. The molecule has 2 heterocycles. The van der Waals surface area contributed by atoms with Crippen LogP contribution >= 0.6 is 0 Å². The van der Waals surface area contributed by atoms with Crippen LogP contribution in [0.5, 0.6) is 17.2 Å². The summed E-state index contributed by atoms with van der Waals surface area (Å²) in [4.78, 5) is 20.8. The van der Waals surface area contributed by atoms with Gasteiger partial charge in [-0.1, -0.05) is 12.1 Å². The Kier molecular flexibility index (Phi) is 5.42. The standard InChI is InChI=1S/C21H23N5O4/c1-13(27)26(2)9-8-14-10-18-20(30-12-29-18)19(28-3)15(14)11-22-25-21-23-16-6-4-5-7-17(16)24-21/h4-7,10-11H,8-9,12H2,1-3H3,(H2,23,24,25). The number of hydrogen-bond acceptors (Lipinski definition) is 7. The molecule has 1 aliphatic rings. The quantitative estimate of drug-likeness (QED) is 0.460. The Morgan fingerprint density at radius 2 is 2.23 bits per heavy atom. The number of para-hydroxylation sites is 2. The number of methoxy groups -OCH3 is 1. The van der Waals surface area contributed by atoms with Crippen LogP contribution in [0.25, 0.3) is 11.0 Å². The predicted octanol–water partition coefficient (Wildman–Crippen LogP) is 2.77. The van der Waals surface area contributed by atoms with Crippen molar-refractivity contribution in [2.75, 3.05) is 32.9 Å². The van der Waals surface area contributed by atoms with Crippen LogP contribution in [0.2, 0.25) is 0 Å². The number of H-pyrrole nitrogens is 1. The van der Waals surface area contributed by atoms with Gasteiger partial charge in [-0.25, -0.2) is 10.4 Å². The van der Waals surface area contributed by atoms with Crippen molar-refractivity contribution in [3.05, 3.63) is 41.5 Å². The molecule has 0 aliphatic carbocycles. The summed E-state index contributed by atoms with van der Waals surface area (Å²) in [6.45, 7) is 2.23. The molecule has 9 heteroatoms. The van der Waals surface area contributed by atoms with E-state index in [1.807, 2.05) is 30.3 Å². The Morgan fingerprint density at radius 3 is 3.00 bits per heavy atom. The third kappa shape index (κ3) is 3.86. The first kappa shape index (κ1) is 19.6. The maximum atomic E-state index is 11.6. The van der Waals surface area contributed by atoms with Crippen molar-refractivity contribution < 1.29 is 19.0 Å². The van der Waals surface area contributed by atoms with Crippen molar-refractivity contribution in [3.63, 3.8) is 0 Å². The summed E-state index contributed by atoms with van der Waals surface area (Å²) in [5.74, 6) is 2.25. The summed E-state index contributed by atoms with van der Waals surface area (Å²) in [6.07, 6.45) is 2.27. The number of benzene rings is 2. The van der Waals surface area contributed by atoms with Crippen molar-refractivity contribution in [3.8, 4) is 17.2 Å². The molecule has 1 amide bonds. The average Bonchev–Trinajstić information content (AvgIpc) is 3.37. The molecule has 9 nitrogen and oxygen atoms in total. The van der Waals surface area contributed by atoms with Gasteiger partial charge in [0.25, 0.3) is 0 Å². The van der Waals surface area contributed by atoms with E-state index in [9.17, 15) is 4.79 Å². The van der Waals surface area contributed by atoms with E-state index in [2.05, 4.69) is 20.5 Å². The first-order chi connectivity index (χ1) is 14.6. The lowest BCUT2D eigenvalue weighted by atomic mass is 10.0. The number of carbonyl (C=O) groups excluding carboxylic acids is 1. The SMILES string of the molecule is COc1c(C=NNc2nc3ccccc3[nH]2)c(CCN(C)C(C)=O)cc2c1OCO2. The van der Waals surface area contributed by atoms with Crippen LogP contribution in [0, 0.1) is 0 Å². The lowest BCUT2D eigenvalue weighted by Gasteiger charge is -2.17. The van der Waals surface area contributed by atoms with E-state index in [0.29, 0.717) is 36.2 Å². The van der Waals surface area contributed by atoms with E-state index in [-0.39, 0.29) is 12.7 Å². The van der Waals surface area contributed by atoms with Crippen LogP contribution in [0.4, 0.5) is 5.95 Å². The smallest absolute Gasteiger partial charge is 0.231 e. The number of fused-ring (bicyclic) bond motifs is 2. The van der Waals surface area contributed by atoms with Gasteiger partial charge in [0.05, 0.1) is 24.4 Å². The molecule has 0 bridgehead atoms. The van der Waals surface area contributed by atoms with Gasteiger partial charge in [-0.3, -0.25) is 4.79 Å². The highest BCUT2D eigenvalue weighted by molar-refractivity contribution is 5.89. The van der Waals surface area contributed by atoms with Gasteiger partial charge >= 0.3 is 0 Å². The number of aromatic nitrogens is 2. The van der Waals surface area contributed by atoms with Gasteiger partial charge in [-0.15, -0.1) is 0 Å². The fraction of sp³-hybridized carbons (Fsp3) is 0.286. The number of anilines is 1. The maximum absolute atomic E-state index is 11.6. The van der Waals surface area contributed by atoms with Crippen LogP contribution in [0.1, 0.15) is 18.1 Å². The van der Waals surface area contributed by atoms with E-state index in [4.69, 9.17) is 14.2 Å². The maximum Gasteiger partial charge on any atom is 0.231 e. The number of hydrogen-bond donors (Lipinski definition) is 2. The highest BCUT2D eigenvalue weighted by atomic mass is 16.7. The van der Waals surface area contributed by atoms with Crippen LogP contribution in [0.15, 0.2) is 35.4 Å². The van der Waals surface area contributed by atoms with Gasteiger partial charge in [-0.05, 0) is 30.2 Å².